The molecule has 2 rings (SSSR count). The first-order chi connectivity index (χ1) is 9.22. The van der Waals surface area contributed by atoms with E-state index in [4.69, 9.17) is 4.74 Å². The molecule has 2 aromatic rings. The van der Waals surface area contributed by atoms with Gasteiger partial charge in [-0.1, -0.05) is 27.2 Å². The van der Waals surface area contributed by atoms with Crippen molar-refractivity contribution in [1.29, 1.82) is 0 Å². The molecule has 0 atom stereocenters. The molecule has 1 N–H and O–H groups in total. The number of hydrogen-bond acceptors (Lipinski definition) is 4. The molecule has 1 heterocycles. The summed E-state index contributed by atoms with van der Waals surface area (Å²) in [5, 5.41) is 11.6. The largest absolute Gasteiger partial charge is 0.383 e. The monoisotopic (exact) mass is 324 g/mol. The molecule has 0 unspecified atom stereocenters. The van der Waals surface area contributed by atoms with Gasteiger partial charge in [-0.15, -0.1) is 5.10 Å². The second-order valence-electron chi connectivity index (χ2n) is 4.21. The summed E-state index contributed by atoms with van der Waals surface area (Å²) in [6, 6.07) is 6.03. The molecule has 0 amide bonds. The highest BCUT2D eigenvalue weighted by atomic mass is 79.9. The van der Waals surface area contributed by atoms with Crippen LogP contribution in [0.4, 0.5) is 0 Å². The molecular weight excluding hydrogens is 308 g/mol. The molecule has 102 valence electrons. The number of rotatable bonds is 6. The number of nitrogens with zero attached hydrogens (tertiary/aromatic N) is 3. The van der Waals surface area contributed by atoms with Gasteiger partial charge in [-0.2, -0.15) is 0 Å². The van der Waals surface area contributed by atoms with Crippen LogP contribution in [0.3, 0.4) is 0 Å². The van der Waals surface area contributed by atoms with Gasteiger partial charge in [-0.3, -0.25) is 0 Å². The van der Waals surface area contributed by atoms with E-state index >= 15 is 0 Å². The zero-order valence-electron chi connectivity index (χ0n) is 11.1. The quantitative estimate of drug-likeness (QED) is 0.826. The van der Waals surface area contributed by atoms with Crippen LogP contribution < -0.4 is 5.32 Å². The number of methoxy groups -OCH3 is 1. The smallest absolute Gasteiger partial charge is 0.0969 e. The summed E-state index contributed by atoms with van der Waals surface area (Å²) in [5.74, 6) is 0. The fourth-order valence-corrected chi connectivity index (χ4v) is 2.09. The van der Waals surface area contributed by atoms with E-state index in [1.807, 2.05) is 24.4 Å². The molecule has 1 aromatic carbocycles. The zero-order chi connectivity index (χ0) is 13.7. The molecule has 0 aliphatic carbocycles. The molecule has 1 aromatic heterocycles. The maximum atomic E-state index is 4.97. The lowest BCUT2D eigenvalue weighted by Crippen LogP contribution is -2.18. The molecular formula is C13H17BrN4O. The van der Waals surface area contributed by atoms with Crippen molar-refractivity contribution in [2.24, 2.45) is 0 Å². The molecule has 0 bridgehead atoms. The van der Waals surface area contributed by atoms with Crippen molar-refractivity contribution in [2.45, 2.75) is 13.5 Å². The highest BCUT2D eigenvalue weighted by Gasteiger charge is 2.06. The van der Waals surface area contributed by atoms with E-state index in [9.17, 15) is 0 Å². The van der Waals surface area contributed by atoms with Crippen molar-refractivity contribution in [3.05, 3.63) is 40.1 Å². The number of halogens is 1. The molecule has 0 saturated carbocycles. The Balaban J connectivity index is 2.06. The minimum Gasteiger partial charge on any atom is -0.383 e. The number of ether oxygens (including phenoxy) is 1. The van der Waals surface area contributed by atoms with E-state index in [1.54, 1.807) is 11.8 Å². The lowest BCUT2D eigenvalue weighted by atomic mass is 10.2. The topological polar surface area (TPSA) is 52.0 Å². The average molecular weight is 325 g/mol. The molecule has 19 heavy (non-hydrogen) atoms. The summed E-state index contributed by atoms with van der Waals surface area (Å²) in [6.07, 6.45) is 1.94. The summed E-state index contributed by atoms with van der Waals surface area (Å²) in [4.78, 5) is 0. The predicted octanol–water partition coefficient (Wildman–Crippen LogP) is 2.07. The number of aromatic nitrogens is 3. The maximum absolute atomic E-state index is 4.97. The number of nitrogens with one attached hydrogen (secondary N) is 1. The SMILES string of the molecule is COCCNCc1cn(-c2cccc(Br)c2C)nn1. The van der Waals surface area contributed by atoms with Gasteiger partial charge in [0.1, 0.15) is 0 Å². The van der Waals surface area contributed by atoms with Gasteiger partial charge < -0.3 is 10.1 Å². The third-order valence-corrected chi connectivity index (χ3v) is 3.67. The Morgan fingerprint density at radius 2 is 2.26 bits per heavy atom. The Bertz CT molecular complexity index is 541. The number of hydrogen-bond donors (Lipinski definition) is 1. The van der Waals surface area contributed by atoms with Crippen molar-refractivity contribution in [2.75, 3.05) is 20.3 Å². The van der Waals surface area contributed by atoms with Crippen molar-refractivity contribution in [3.63, 3.8) is 0 Å². The van der Waals surface area contributed by atoms with Crippen molar-refractivity contribution >= 4 is 15.9 Å². The van der Waals surface area contributed by atoms with Crippen LogP contribution in [0.1, 0.15) is 11.3 Å². The van der Waals surface area contributed by atoms with Gasteiger partial charge in [-0.05, 0) is 24.6 Å². The Morgan fingerprint density at radius 1 is 1.42 bits per heavy atom. The van der Waals surface area contributed by atoms with Crippen molar-refractivity contribution in [1.82, 2.24) is 20.3 Å². The van der Waals surface area contributed by atoms with Crippen LogP contribution >= 0.6 is 15.9 Å². The average Bonchev–Trinajstić information content (AvgIpc) is 2.87. The Morgan fingerprint density at radius 3 is 3.05 bits per heavy atom. The zero-order valence-corrected chi connectivity index (χ0v) is 12.6. The van der Waals surface area contributed by atoms with E-state index in [1.165, 1.54) is 0 Å². The molecule has 0 aliphatic heterocycles. The highest BCUT2D eigenvalue weighted by molar-refractivity contribution is 9.10. The van der Waals surface area contributed by atoms with E-state index < -0.39 is 0 Å². The van der Waals surface area contributed by atoms with Gasteiger partial charge in [0.2, 0.25) is 0 Å². The molecule has 0 spiro atoms. The van der Waals surface area contributed by atoms with Crippen LogP contribution in [0.2, 0.25) is 0 Å². The minimum absolute atomic E-state index is 0.691. The number of benzene rings is 1. The van der Waals surface area contributed by atoms with Gasteiger partial charge in [0, 0.05) is 24.7 Å². The fraction of sp³-hybridized carbons (Fsp3) is 0.385. The standard InChI is InChI=1S/C13H17BrN4O/c1-10-12(14)4-3-5-13(10)18-9-11(16-17-18)8-15-6-7-19-2/h3-5,9,15H,6-8H2,1-2H3. The Kier molecular flexibility index (Phi) is 5.07. The normalized spacial score (nSPS) is 10.9. The molecule has 0 fully saturated rings. The summed E-state index contributed by atoms with van der Waals surface area (Å²) in [6.45, 7) is 4.24. The first-order valence-corrected chi connectivity index (χ1v) is 6.88. The molecule has 5 nitrogen and oxygen atoms in total. The molecule has 0 saturated heterocycles. The van der Waals surface area contributed by atoms with Gasteiger partial charge >= 0.3 is 0 Å². The van der Waals surface area contributed by atoms with E-state index in [2.05, 4.69) is 38.5 Å². The van der Waals surface area contributed by atoms with Gasteiger partial charge in [-0.25, -0.2) is 4.68 Å². The Labute approximate surface area is 121 Å². The third kappa shape index (κ3) is 3.62. The van der Waals surface area contributed by atoms with Crippen molar-refractivity contribution < 1.29 is 4.74 Å². The predicted molar refractivity (Wildman–Crippen MR) is 77.4 cm³/mol. The van der Waals surface area contributed by atoms with Crippen LogP contribution in [-0.4, -0.2) is 35.3 Å². The summed E-state index contributed by atoms with van der Waals surface area (Å²) in [5.41, 5.74) is 3.09. The summed E-state index contributed by atoms with van der Waals surface area (Å²) in [7, 11) is 1.69. The lowest BCUT2D eigenvalue weighted by Gasteiger charge is -2.06. The van der Waals surface area contributed by atoms with E-state index in [0.717, 1.165) is 28.0 Å². The second kappa shape index (κ2) is 6.79. The van der Waals surface area contributed by atoms with Crippen LogP contribution in [0.15, 0.2) is 28.9 Å². The van der Waals surface area contributed by atoms with Crippen LogP contribution in [0.5, 0.6) is 0 Å². The third-order valence-electron chi connectivity index (χ3n) is 2.82. The van der Waals surface area contributed by atoms with Crippen molar-refractivity contribution in [3.8, 4) is 5.69 Å². The van der Waals surface area contributed by atoms with Gasteiger partial charge in [0.15, 0.2) is 0 Å². The minimum atomic E-state index is 0.691. The fourth-order valence-electron chi connectivity index (χ4n) is 1.73. The van der Waals surface area contributed by atoms with Crippen LogP contribution in [0, 0.1) is 6.92 Å². The first kappa shape index (κ1) is 14.2. The Hall–Kier alpha value is -1.24. The molecule has 0 radical (unpaired) electrons. The second-order valence-corrected chi connectivity index (χ2v) is 5.06. The van der Waals surface area contributed by atoms with Gasteiger partial charge in [0.05, 0.1) is 24.2 Å². The van der Waals surface area contributed by atoms with Gasteiger partial charge in [0.25, 0.3) is 0 Å². The van der Waals surface area contributed by atoms with E-state index in [0.29, 0.717) is 13.2 Å². The van der Waals surface area contributed by atoms with Crippen LogP contribution in [-0.2, 0) is 11.3 Å². The first-order valence-electron chi connectivity index (χ1n) is 6.08. The summed E-state index contributed by atoms with van der Waals surface area (Å²) >= 11 is 3.52. The maximum Gasteiger partial charge on any atom is 0.0969 e. The van der Waals surface area contributed by atoms with Crippen LogP contribution in [0.25, 0.3) is 5.69 Å². The lowest BCUT2D eigenvalue weighted by molar-refractivity contribution is 0.199. The molecule has 0 aliphatic rings. The highest BCUT2D eigenvalue weighted by Crippen LogP contribution is 2.21. The van der Waals surface area contributed by atoms with E-state index in [-0.39, 0.29) is 0 Å². The molecule has 6 heteroatoms. The summed E-state index contributed by atoms with van der Waals surface area (Å²) < 4.78 is 7.84.